The topological polar surface area (TPSA) is 38.8 Å². The summed E-state index contributed by atoms with van der Waals surface area (Å²) in [4.78, 5) is 14.7. The third-order valence-electron chi connectivity index (χ3n) is 4.70. The van der Waals surface area contributed by atoms with Crippen LogP contribution in [0.15, 0.2) is 42.5 Å². The van der Waals surface area contributed by atoms with E-state index in [1.54, 1.807) is 18.2 Å². The highest BCUT2D eigenvalue weighted by atomic mass is 35.5. The fraction of sp³-hybridized carbons (Fsp3) is 0.381. The Labute approximate surface area is 180 Å². The Balaban J connectivity index is 1.34. The number of hydrogen-bond acceptors (Lipinski definition) is 4. The fourth-order valence-corrected chi connectivity index (χ4v) is 3.56. The molecule has 1 atom stereocenters. The average molecular weight is 443 g/mol. The maximum atomic E-state index is 12.4. The number of carbonyl (C=O) groups is 1. The van der Waals surface area contributed by atoms with Gasteiger partial charge < -0.3 is 14.4 Å². The minimum Gasteiger partial charge on any atom is -0.494 e. The first-order valence-electron chi connectivity index (χ1n) is 9.22. The molecule has 28 heavy (non-hydrogen) atoms. The second-order valence-corrected chi connectivity index (χ2v) is 8.02. The van der Waals surface area contributed by atoms with Crippen molar-refractivity contribution in [3.05, 3.63) is 57.5 Å². The second-order valence-electron chi connectivity index (χ2n) is 6.77. The summed E-state index contributed by atoms with van der Waals surface area (Å²) in [6, 6.07) is 12.3. The van der Waals surface area contributed by atoms with Crippen LogP contribution in [0.2, 0.25) is 15.1 Å². The molecule has 0 aliphatic carbocycles. The lowest BCUT2D eigenvalue weighted by Crippen LogP contribution is -2.27. The molecule has 150 valence electrons. The monoisotopic (exact) mass is 441 g/mol. The maximum absolute atomic E-state index is 12.4. The van der Waals surface area contributed by atoms with E-state index in [2.05, 4.69) is 4.90 Å². The summed E-state index contributed by atoms with van der Waals surface area (Å²) in [5, 5.41) is 1.58. The third kappa shape index (κ3) is 6.28. The van der Waals surface area contributed by atoms with Crippen LogP contribution in [0.5, 0.6) is 11.5 Å². The van der Waals surface area contributed by atoms with Gasteiger partial charge in [-0.15, -0.1) is 0 Å². The second kappa shape index (κ2) is 10.4. The van der Waals surface area contributed by atoms with Crippen LogP contribution in [0.25, 0.3) is 0 Å². The van der Waals surface area contributed by atoms with Gasteiger partial charge in [-0.05, 0) is 55.8 Å². The Morgan fingerprint density at radius 3 is 2.50 bits per heavy atom. The molecule has 0 saturated carbocycles. The van der Waals surface area contributed by atoms with Gasteiger partial charge in [-0.2, -0.15) is 0 Å². The highest BCUT2D eigenvalue weighted by Crippen LogP contribution is 2.26. The lowest BCUT2D eigenvalue weighted by atomic mass is 10.0. The molecule has 1 saturated heterocycles. The molecule has 3 rings (SSSR count). The zero-order valence-electron chi connectivity index (χ0n) is 15.4. The number of ketones is 1. The summed E-state index contributed by atoms with van der Waals surface area (Å²) in [6.07, 6.45) is 1.77. The van der Waals surface area contributed by atoms with Crippen LogP contribution in [0.1, 0.15) is 12.8 Å². The van der Waals surface area contributed by atoms with E-state index in [0.717, 1.165) is 38.2 Å². The predicted octanol–water partition coefficient (Wildman–Crippen LogP) is 5.39. The lowest BCUT2D eigenvalue weighted by Gasteiger charge is -2.16. The average Bonchev–Trinajstić information content (AvgIpc) is 3.16. The number of likely N-dealkylation sites (tertiary alicyclic amines) is 1. The fourth-order valence-electron chi connectivity index (χ4n) is 3.15. The Bertz CT molecular complexity index is 798. The van der Waals surface area contributed by atoms with Gasteiger partial charge in [0.15, 0.2) is 5.78 Å². The van der Waals surface area contributed by atoms with Crippen LogP contribution >= 0.6 is 34.8 Å². The normalized spacial score (nSPS) is 16.9. The SMILES string of the molecule is O=C(COc1ccc(Cl)c(Cl)c1)C1CCN(CCCOc2ccc(Cl)cc2)C1. The molecule has 7 heteroatoms. The van der Waals surface area contributed by atoms with E-state index in [0.29, 0.717) is 27.4 Å². The predicted molar refractivity (Wildman–Crippen MR) is 113 cm³/mol. The van der Waals surface area contributed by atoms with Gasteiger partial charge in [0.2, 0.25) is 0 Å². The van der Waals surface area contributed by atoms with Gasteiger partial charge in [-0.3, -0.25) is 4.79 Å². The molecule has 0 bridgehead atoms. The van der Waals surface area contributed by atoms with Crippen molar-refractivity contribution in [1.82, 2.24) is 4.90 Å². The van der Waals surface area contributed by atoms with E-state index in [1.165, 1.54) is 0 Å². The number of carbonyl (C=O) groups excluding carboxylic acids is 1. The van der Waals surface area contributed by atoms with Gasteiger partial charge in [0.25, 0.3) is 0 Å². The van der Waals surface area contributed by atoms with E-state index in [-0.39, 0.29) is 18.3 Å². The third-order valence-corrected chi connectivity index (χ3v) is 5.69. The summed E-state index contributed by atoms with van der Waals surface area (Å²) in [5.41, 5.74) is 0. The first-order valence-corrected chi connectivity index (χ1v) is 10.4. The Hall–Kier alpha value is -1.46. The van der Waals surface area contributed by atoms with Gasteiger partial charge in [0, 0.05) is 30.1 Å². The molecule has 1 aliphatic heterocycles. The largest absolute Gasteiger partial charge is 0.494 e. The van der Waals surface area contributed by atoms with Crippen molar-refractivity contribution < 1.29 is 14.3 Å². The molecule has 0 spiro atoms. The van der Waals surface area contributed by atoms with Crippen molar-refractivity contribution in [2.45, 2.75) is 12.8 Å². The van der Waals surface area contributed by atoms with Crippen molar-refractivity contribution in [1.29, 1.82) is 0 Å². The lowest BCUT2D eigenvalue weighted by molar-refractivity contribution is -0.124. The van der Waals surface area contributed by atoms with Gasteiger partial charge in [0.1, 0.15) is 18.1 Å². The van der Waals surface area contributed by atoms with Gasteiger partial charge >= 0.3 is 0 Å². The van der Waals surface area contributed by atoms with Crippen LogP contribution in [0.4, 0.5) is 0 Å². The Kier molecular flexibility index (Phi) is 7.86. The van der Waals surface area contributed by atoms with Crippen LogP contribution in [-0.2, 0) is 4.79 Å². The minimum absolute atomic E-state index is 0.0138. The number of Topliss-reactive ketones (excluding diaryl/α,β-unsaturated/α-hetero) is 1. The van der Waals surface area contributed by atoms with E-state index in [9.17, 15) is 4.79 Å². The molecule has 0 amide bonds. The van der Waals surface area contributed by atoms with E-state index < -0.39 is 0 Å². The number of hydrogen-bond donors (Lipinski definition) is 0. The van der Waals surface area contributed by atoms with Crippen LogP contribution in [-0.4, -0.2) is 43.5 Å². The van der Waals surface area contributed by atoms with E-state index in [1.807, 2.05) is 24.3 Å². The van der Waals surface area contributed by atoms with Gasteiger partial charge in [-0.25, -0.2) is 0 Å². The molecule has 1 heterocycles. The Morgan fingerprint density at radius 2 is 1.75 bits per heavy atom. The molecule has 2 aromatic rings. The summed E-state index contributed by atoms with van der Waals surface area (Å²) < 4.78 is 11.3. The summed E-state index contributed by atoms with van der Waals surface area (Å²) in [5.74, 6) is 1.50. The number of ether oxygens (including phenoxy) is 2. The summed E-state index contributed by atoms with van der Waals surface area (Å²) in [7, 11) is 0. The smallest absolute Gasteiger partial charge is 0.174 e. The molecular formula is C21H22Cl3NO3. The maximum Gasteiger partial charge on any atom is 0.174 e. The van der Waals surface area contributed by atoms with Gasteiger partial charge in [0.05, 0.1) is 16.7 Å². The van der Waals surface area contributed by atoms with Crippen LogP contribution < -0.4 is 9.47 Å². The molecule has 1 unspecified atom stereocenters. The van der Waals surface area contributed by atoms with Crippen molar-refractivity contribution in [2.75, 3.05) is 32.8 Å². The molecular weight excluding hydrogens is 421 g/mol. The van der Waals surface area contributed by atoms with Crippen molar-refractivity contribution in [3.8, 4) is 11.5 Å². The standard InChI is InChI=1S/C21H22Cl3NO3/c22-16-2-4-17(5-3-16)27-11-1-9-25-10-8-15(13-25)21(26)14-28-18-6-7-19(23)20(24)12-18/h2-7,12,15H,1,8-11,13-14H2. The molecule has 0 aromatic heterocycles. The zero-order valence-corrected chi connectivity index (χ0v) is 17.6. The molecule has 4 nitrogen and oxygen atoms in total. The Morgan fingerprint density at radius 1 is 1.00 bits per heavy atom. The first kappa shape index (κ1) is 21.3. The molecule has 1 aliphatic rings. The highest BCUT2D eigenvalue weighted by molar-refractivity contribution is 6.42. The number of rotatable bonds is 9. The van der Waals surface area contributed by atoms with Gasteiger partial charge in [-0.1, -0.05) is 34.8 Å². The van der Waals surface area contributed by atoms with Crippen LogP contribution in [0, 0.1) is 5.92 Å². The summed E-state index contributed by atoms with van der Waals surface area (Å²) >= 11 is 17.7. The molecule has 0 N–H and O–H groups in total. The highest BCUT2D eigenvalue weighted by Gasteiger charge is 2.28. The molecule has 1 fully saturated rings. The van der Waals surface area contributed by atoms with Crippen molar-refractivity contribution >= 4 is 40.6 Å². The van der Waals surface area contributed by atoms with Crippen LogP contribution in [0.3, 0.4) is 0 Å². The van der Waals surface area contributed by atoms with E-state index in [4.69, 9.17) is 44.3 Å². The first-order chi connectivity index (χ1) is 13.5. The number of nitrogens with zero attached hydrogens (tertiary/aromatic N) is 1. The quantitative estimate of drug-likeness (QED) is 0.488. The summed E-state index contributed by atoms with van der Waals surface area (Å²) in [6.45, 7) is 3.28. The van der Waals surface area contributed by atoms with Crippen molar-refractivity contribution in [2.24, 2.45) is 5.92 Å². The van der Waals surface area contributed by atoms with Crippen molar-refractivity contribution in [3.63, 3.8) is 0 Å². The molecule has 2 aromatic carbocycles. The number of benzene rings is 2. The number of halogens is 3. The zero-order chi connectivity index (χ0) is 19.9. The minimum atomic E-state index is 0.0138. The van der Waals surface area contributed by atoms with E-state index >= 15 is 0 Å². The molecule has 0 radical (unpaired) electrons.